The summed E-state index contributed by atoms with van der Waals surface area (Å²) in [6.07, 6.45) is 1.73. The van der Waals surface area contributed by atoms with Gasteiger partial charge in [-0.15, -0.1) is 12.4 Å². The molecule has 234 valence electrons. The van der Waals surface area contributed by atoms with Gasteiger partial charge in [0.25, 0.3) is 5.91 Å². The predicted molar refractivity (Wildman–Crippen MR) is 175 cm³/mol. The molecule has 1 saturated heterocycles. The van der Waals surface area contributed by atoms with E-state index in [0.717, 1.165) is 29.7 Å². The van der Waals surface area contributed by atoms with Gasteiger partial charge in [0.2, 0.25) is 10.0 Å². The largest absolute Gasteiger partial charge is 0.497 e. The normalized spacial score (nSPS) is 15.6. The van der Waals surface area contributed by atoms with Crippen LogP contribution in [0.1, 0.15) is 41.3 Å². The minimum atomic E-state index is -3.45. The Hall–Kier alpha value is -3.31. The van der Waals surface area contributed by atoms with E-state index in [1.807, 2.05) is 61.5 Å². The lowest BCUT2D eigenvalue weighted by molar-refractivity contribution is 0.0831. The van der Waals surface area contributed by atoms with Gasteiger partial charge in [0.05, 0.1) is 30.7 Å². The van der Waals surface area contributed by atoms with E-state index in [-0.39, 0.29) is 30.6 Å². The van der Waals surface area contributed by atoms with Crippen LogP contribution in [-0.2, 0) is 22.9 Å². The molecule has 11 heteroatoms. The Balaban J connectivity index is 0.00000506. The molecule has 1 fully saturated rings. The van der Waals surface area contributed by atoms with E-state index in [9.17, 15) is 18.3 Å². The van der Waals surface area contributed by atoms with Crippen LogP contribution in [0.2, 0.25) is 0 Å². The van der Waals surface area contributed by atoms with Crippen molar-refractivity contribution in [3.63, 3.8) is 0 Å². The lowest BCUT2D eigenvalue weighted by atomic mass is 10.00. The summed E-state index contributed by atoms with van der Waals surface area (Å²) in [5, 5.41) is 20.8. The molecule has 1 amide bonds. The van der Waals surface area contributed by atoms with Crippen molar-refractivity contribution in [1.82, 2.24) is 10.6 Å². The number of rotatable bonds is 14. The van der Waals surface area contributed by atoms with Gasteiger partial charge in [0.1, 0.15) is 5.75 Å². The molecule has 0 aromatic heterocycles. The third-order valence-corrected chi connectivity index (χ3v) is 9.23. The van der Waals surface area contributed by atoms with E-state index in [2.05, 4.69) is 16.0 Å². The van der Waals surface area contributed by atoms with Crippen molar-refractivity contribution in [3.8, 4) is 5.75 Å². The molecule has 4 rings (SSSR count). The number of hydrogen-bond donors (Lipinski definition) is 4. The third kappa shape index (κ3) is 9.86. The van der Waals surface area contributed by atoms with E-state index in [4.69, 9.17) is 4.74 Å². The van der Waals surface area contributed by atoms with Crippen LogP contribution in [0, 0.1) is 0 Å². The smallest absolute Gasteiger partial charge is 0.251 e. The molecule has 0 radical (unpaired) electrons. The van der Waals surface area contributed by atoms with Gasteiger partial charge in [0, 0.05) is 30.9 Å². The fourth-order valence-electron chi connectivity index (χ4n) is 5.13. The minimum absolute atomic E-state index is 0. The summed E-state index contributed by atoms with van der Waals surface area (Å²) in [5.41, 5.74) is 3.58. The second-order valence-corrected chi connectivity index (χ2v) is 12.5. The Morgan fingerprint density at radius 1 is 1.02 bits per heavy atom. The van der Waals surface area contributed by atoms with E-state index in [1.54, 1.807) is 25.3 Å². The summed E-state index contributed by atoms with van der Waals surface area (Å²) in [6, 6.07) is 22.1. The van der Waals surface area contributed by atoms with Crippen LogP contribution in [-0.4, -0.2) is 70.6 Å². The number of hydrogen-bond acceptors (Lipinski definition) is 7. The highest BCUT2D eigenvalue weighted by Gasteiger charge is 2.28. The highest BCUT2D eigenvalue weighted by Crippen LogP contribution is 2.28. The van der Waals surface area contributed by atoms with E-state index in [0.29, 0.717) is 49.4 Å². The average molecular weight is 631 g/mol. The summed E-state index contributed by atoms with van der Waals surface area (Å²) < 4.78 is 32.3. The quantitative estimate of drug-likeness (QED) is 0.199. The van der Waals surface area contributed by atoms with Crippen LogP contribution in [0.25, 0.3) is 0 Å². The number of carbonyl (C=O) groups is 1. The lowest BCUT2D eigenvalue weighted by Crippen LogP contribution is -2.49. The number of halogens is 1. The number of amides is 1. The standard InChI is InChI=1S/C32H42N4O5S.ClH/c1-3-34-27-20-26(21-28(22-27)36-16-7-8-17-42(36,39)40)32(38)35-30(19-24-10-5-4-6-11-24)31(37)23-33-15-14-25-12-9-13-29(18-25)41-2;/h4-6,9-13,18,20-22,30-31,33-34,37H,3,7-8,14-17,19,23H2,1-2H3,(H,35,38);1H/t30-,31+;/m0./s1. The molecule has 9 nitrogen and oxygen atoms in total. The second-order valence-electron chi connectivity index (χ2n) is 10.5. The maximum atomic E-state index is 13.6. The zero-order chi connectivity index (χ0) is 30.0. The van der Waals surface area contributed by atoms with Gasteiger partial charge in [-0.05, 0) is 80.6 Å². The van der Waals surface area contributed by atoms with Gasteiger partial charge in [-0.1, -0.05) is 42.5 Å². The fourth-order valence-corrected chi connectivity index (χ4v) is 6.75. The highest BCUT2D eigenvalue weighted by molar-refractivity contribution is 7.92. The molecule has 0 unspecified atom stereocenters. The highest BCUT2D eigenvalue weighted by atomic mass is 35.5. The molecule has 1 heterocycles. The number of carbonyl (C=O) groups excluding carboxylic acids is 1. The predicted octanol–water partition coefficient (Wildman–Crippen LogP) is 4.01. The maximum Gasteiger partial charge on any atom is 0.251 e. The molecular weight excluding hydrogens is 588 g/mol. The summed E-state index contributed by atoms with van der Waals surface area (Å²) in [6.45, 7) is 3.88. The number of nitrogens with one attached hydrogen (secondary N) is 3. The fraction of sp³-hybridized carbons (Fsp3) is 0.406. The van der Waals surface area contributed by atoms with E-state index in [1.165, 1.54) is 4.31 Å². The summed E-state index contributed by atoms with van der Waals surface area (Å²) in [5.74, 6) is 0.523. The van der Waals surface area contributed by atoms with E-state index < -0.39 is 22.2 Å². The molecule has 4 N–H and O–H groups in total. The molecule has 0 aliphatic carbocycles. The molecule has 2 atom stereocenters. The zero-order valence-electron chi connectivity index (χ0n) is 24.8. The first kappa shape index (κ1) is 34.2. The van der Waals surface area contributed by atoms with Crippen molar-refractivity contribution in [3.05, 3.63) is 89.5 Å². The summed E-state index contributed by atoms with van der Waals surface area (Å²) in [7, 11) is -1.81. The molecule has 0 spiro atoms. The van der Waals surface area contributed by atoms with Gasteiger partial charge < -0.3 is 25.8 Å². The van der Waals surface area contributed by atoms with Gasteiger partial charge in [-0.2, -0.15) is 0 Å². The Morgan fingerprint density at radius 3 is 2.51 bits per heavy atom. The van der Waals surface area contributed by atoms with Gasteiger partial charge >= 0.3 is 0 Å². The van der Waals surface area contributed by atoms with Crippen LogP contribution >= 0.6 is 12.4 Å². The van der Waals surface area contributed by atoms with Crippen molar-refractivity contribution < 1.29 is 23.1 Å². The van der Waals surface area contributed by atoms with Crippen molar-refractivity contribution in [2.24, 2.45) is 0 Å². The molecule has 1 aliphatic heterocycles. The molecule has 3 aromatic rings. The minimum Gasteiger partial charge on any atom is -0.497 e. The summed E-state index contributed by atoms with van der Waals surface area (Å²) in [4.78, 5) is 13.6. The number of aliphatic hydroxyl groups excluding tert-OH is 1. The van der Waals surface area contributed by atoms with Crippen LogP contribution in [0.4, 0.5) is 11.4 Å². The van der Waals surface area contributed by atoms with Crippen LogP contribution in [0.5, 0.6) is 5.75 Å². The topological polar surface area (TPSA) is 120 Å². The Kier molecular flexibility index (Phi) is 13.1. The average Bonchev–Trinajstić information content (AvgIpc) is 2.99. The first-order chi connectivity index (χ1) is 20.3. The second kappa shape index (κ2) is 16.5. The number of nitrogens with zero attached hydrogens (tertiary/aromatic N) is 1. The SMILES string of the molecule is CCNc1cc(C(=O)N[C@@H](Cc2ccccc2)[C@H](O)CNCCc2cccc(OC)c2)cc(N2CCCCS2(=O)=O)c1.Cl. The maximum absolute atomic E-state index is 13.6. The Labute approximate surface area is 261 Å². The van der Waals surface area contributed by atoms with Crippen molar-refractivity contribution in [1.29, 1.82) is 0 Å². The molecule has 43 heavy (non-hydrogen) atoms. The Morgan fingerprint density at radius 2 is 1.79 bits per heavy atom. The number of methoxy groups -OCH3 is 1. The lowest BCUT2D eigenvalue weighted by Gasteiger charge is -2.29. The number of anilines is 2. The first-order valence-electron chi connectivity index (χ1n) is 14.5. The summed E-state index contributed by atoms with van der Waals surface area (Å²) >= 11 is 0. The molecule has 3 aromatic carbocycles. The van der Waals surface area contributed by atoms with Crippen molar-refractivity contribution in [2.75, 3.05) is 48.7 Å². The zero-order valence-corrected chi connectivity index (χ0v) is 26.4. The van der Waals surface area contributed by atoms with E-state index >= 15 is 0 Å². The molecule has 0 saturated carbocycles. The van der Waals surface area contributed by atoms with Crippen molar-refractivity contribution >= 4 is 39.7 Å². The number of sulfonamides is 1. The number of ether oxygens (including phenoxy) is 1. The Bertz CT molecular complexity index is 1420. The van der Waals surface area contributed by atoms with Crippen molar-refractivity contribution in [2.45, 2.75) is 44.8 Å². The van der Waals surface area contributed by atoms with Gasteiger partial charge in [-0.3, -0.25) is 9.10 Å². The van der Waals surface area contributed by atoms with Crippen LogP contribution < -0.4 is 25.0 Å². The van der Waals surface area contributed by atoms with Gasteiger partial charge in [0.15, 0.2) is 0 Å². The van der Waals surface area contributed by atoms with Crippen LogP contribution in [0.15, 0.2) is 72.8 Å². The monoisotopic (exact) mass is 630 g/mol. The number of aliphatic hydroxyl groups is 1. The molecule has 1 aliphatic rings. The van der Waals surface area contributed by atoms with Gasteiger partial charge in [-0.25, -0.2) is 8.42 Å². The third-order valence-electron chi connectivity index (χ3n) is 7.36. The first-order valence-corrected chi connectivity index (χ1v) is 16.2. The van der Waals surface area contributed by atoms with Crippen LogP contribution in [0.3, 0.4) is 0 Å². The molecule has 0 bridgehead atoms. The number of benzene rings is 3. The molecular formula is C32H43ClN4O5S.